The van der Waals surface area contributed by atoms with Crippen LogP contribution in [0.3, 0.4) is 0 Å². The van der Waals surface area contributed by atoms with Gasteiger partial charge in [-0.05, 0) is 54.5 Å². The SMILES string of the molecule is C=CCNc1ccc(CCCCc2ccc(CC(=O)OC)cc2)cc1. The minimum atomic E-state index is -0.196. The zero-order chi connectivity index (χ0) is 17.9. The van der Waals surface area contributed by atoms with Crippen molar-refractivity contribution in [3.8, 4) is 0 Å². The Morgan fingerprint density at radius 2 is 1.48 bits per heavy atom. The van der Waals surface area contributed by atoms with Crippen LogP contribution in [0.2, 0.25) is 0 Å². The van der Waals surface area contributed by atoms with Gasteiger partial charge in [-0.25, -0.2) is 0 Å². The maximum Gasteiger partial charge on any atom is 0.309 e. The zero-order valence-electron chi connectivity index (χ0n) is 15.0. The number of unbranched alkanes of at least 4 members (excludes halogenated alkanes) is 1. The van der Waals surface area contributed by atoms with Crippen molar-refractivity contribution < 1.29 is 9.53 Å². The molecule has 0 radical (unpaired) electrons. The summed E-state index contributed by atoms with van der Waals surface area (Å²) in [5, 5.41) is 3.28. The molecule has 0 spiro atoms. The number of anilines is 1. The van der Waals surface area contributed by atoms with E-state index >= 15 is 0 Å². The summed E-state index contributed by atoms with van der Waals surface area (Å²) in [4.78, 5) is 11.3. The maximum absolute atomic E-state index is 11.3. The van der Waals surface area contributed by atoms with E-state index < -0.39 is 0 Å². The van der Waals surface area contributed by atoms with Crippen molar-refractivity contribution in [1.29, 1.82) is 0 Å². The number of rotatable bonds is 10. The fourth-order valence-electron chi connectivity index (χ4n) is 2.70. The molecule has 3 heteroatoms. The summed E-state index contributed by atoms with van der Waals surface area (Å²) in [6, 6.07) is 16.9. The number of hydrogen-bond donors (Lipinski definition) is 1. The smallest absolute Gasteiger partial charge is 0.309 e. The van der Waals surface area contributed by atoms with Crippen molar-refractivity contribution in [3.63, 3.8) is 0 Å². The fraction of sp³-hybridized carbons (Fsp3) is 0.318. The van der Waals surface area contributed by atoms with Gasteiger partial charge in [0.1, 0.15) is 0 Å². The number of aryl methyl sites for hydroxylation is 2. The first-order valence-corrected chi connectivity index (χ1v) is 8.79. The molecule has 2 aromatic rings. The van der Waals surface area contributed by atoms with Gasteiger partial charge < -0.3 is 10.1 Å². The molecule has 25 heavy (non-hydrogen) atoms. The van der Waals surface area contributed by atoms with Crippen LogP contribution in [0.15, 0.2) is 61.2 Å². The van der Waals surface area contributed by atoms with Crippen LogP contribution in [0.25, 0.3) is 0 Å². The van der Waals surface area contributed by atoms with Crippen molar-refractivity contribution in [2.45, 2.75) is 32.1 Å². The van der Waals surface area contributed by atoms with E-state index in [0.29, 0.717) is 6.42 Å². The molecule has 0 aromatic heterocycles. The van der Waals surface area contributed by atoms with E-state index in [9.17, 15) is 4.79 Å². The molecule has 0 aliphatic carbocycles. The van der Waals surface area contributed by atoms with Crippen molar-refractivity contribution in [2.24, 2.45) is 0 Å². The molecule has 2 aromatic carbocycles. The van der Waals surface area contributed by atoms with Gasteiger partial charge in [0, 0.05) is 12.2 Å². The Morgan fingerprint density at radius 3 is 2.00 bits per heavy atom. The van der Waals surface area contributed by atoms with Crippen LogP contribution in [0, 0.1) is 0 Å². The molecule has 0 heterocycles. The van der Waals surface area contributed by atoms with Gasteiger partial charge in [0.15, 0.2) is 0 Å². The van der Waals surface area contributed by atoms with E-state index in [2.05, 4.69) is 53.0 Å². The standard InChI is InChI=1S/C22H27NO2/c1-3-16-23-21-14-12-19(13-15-21)7-5-4-6-18-8-10-20(11-9-18)17-22(24)25-2/h3,8-15,23H,1,4-7,16-17H2,2H3. The van der Waals surface area contributed by atoms with E-state index in [4.69, 9.17) is 0 Å². The van der Waals surface area contributed by atoms with Gasteiger partial charge in [0.05, 0.1) is 13.5 Å². The van der Waals surface area contributed by atoms with Gasteiger partial charge in [0.25, 0.3) is 0 Å². The van der Waals surface area contributed by atoms with Crippen molar-refractivity contribution in [2.75, 3.05) is 19.0 Å². The van der Waals surface area contributed by atoms with Crippen molar-refractivity contribution in [1.82, 2.24) is 0 Å². The molecule has 2 rings (SSSR count). The molecule has 0 amide bonds. The van der Waals surface area contributed by atoms with Gasteiger partial charge in [-0.1, -0.05) is 42.5 Å². The molecule has 0 saturated carbocycles. The second-order valence-electron chi connectivity index (χ2n) is 6.14. The Balaban J connectivity index is 1.70. The second kappa shape index (κ2) is 10.3. The predicted octanol–water partition coefficient (Wildman–Crippen LogP) is 4.57. The molecule has 0 bridgehead atoms. The molecule has 0 saturated heterocycles. The quantitative estimate of drug-likeness (QED) is 0.392. The van der Waals surface area contributed by atoms with E-state index in [1.54, 1.807) is 0 Å². The molecule has 0 aliphatic heterocycles. The lowest BCUT2D eigenvalue weighted by atomic mass is 10.0. The van der Waals surface area contributed by atoms with Crippen LogP contribution in [-0.2, 0) is 28.8 Å². The third-order valence-electron chi connectivity index (χ3n) is 4.18. The number of hydrogen-bond acceptors (Lipinski definition) is 3. The first-order valence-electron chi connectivity index (χ1n) is 8.79. The number of ether oxygens (including phenoxy) is 1. The second-order valence-corrected chi connectivity index (χ2v) is 6.14. The first-order chi connectivity index (χ1) is 12.2. The van der Waals surface area contributed by atoms with Crippen molar-refractivity contribution in [3.05, 3.63) is 77.9 Å². The Morgan fingerprint density at radius 1 is 0.960 bits per heavy atom. The summed E-state index contributed by atoms with van der Waals surface area (Å²) >= 11 is 0. The minimum Gasteiger partial charge on any atom is -0.469 e. The number of carbonyl (C=O) groups is 1. The molecule has 3 nitrogen and oxygen atoms in total. The Hall–Kier alpha value is -2.55. The summed E-state index contributed by atoms with van der Waals surface area (Å²) < 4.78 is 4.69. The van der Waals surface area contributed by atoms with Gasteiger partial charge in [-0.3, -0.25) is 4.79 Å². The summed E-state index contributed by atoms with van der Waals surface area (Å²) in [5.74, 6) is -0.196. The highest BCUT2D eigenvalue weighted by atomic mass is 16.5. The number of nitrogens with one attached hydrogen (secondary N) is 1. The van der Waals surface area contributed by atoms with Crippen molar-refractivity contribution >= 4 is 11.7 Å². The van der Waals surface area contributed by atoms with E-state index in [1.165, 1.54) is 24.7 Å². The fourth-order valence-corrected chi connectivity index (χ4v) is 2.70. The van der Waals surface area contributed by atoms with E-state index in [0.717, 1.165) is 37.1 Å². The summed E-state index contributed by atoms with van der Waals surface area (Å²) in [6.07, 6.45) is 6.69. The van der Waals surface area contributed by atoms with Gasteiger partial charge in [-0.15, -0.1) is 6.58 Å². The largest absolute Gasteiger partial charge is 0.469 e. The maximum atomic E-state index is 11.3. The van der Waals surface area contributed by atoms with Crippen LogP contribution in [-0.4, -0.2) is 19.6 Å². The van der Waals surface area contributed by atoms with Crippen LogP contribution in [0.4, 0.5) is 5.69 Å². The average molecular weight is 337 g/mol. The lowest BCUT2D eigenvalue weighted by Gasteiger charge is -2.06. The van der Waals surface area contributed by atoms with Gasteiger partial charge >= 0.3 is 5.97 Å². The topological polar surface area (TPSA) is 38.3 Å². The molecule has 0 atom stereocenters. The molecule has 0 unspecified atom stereocenters. The highest BCUT2D eigenvalue weighted by Crippen LogP contribution is 2.14. The zero-order valence-corrected chi connectivity index (χ0v) is 15.0. The molecule has 1 N–H and O–H groups in total. The highest BCUT2D eigenvalue weighted by Gasteiger charge is 2.02. The molecular weight excluding hydrogens is 310 g/mol. The predicted molar refractivity (Wildman–Crippen MR) is 104 cm³/mol. The molecule has 0 fully saturated rings. The monoisotopic (exact) mass is 337 g/mol. The minimum absolute atomic E-state index is 0.196. The van der Waals surface area contributed by atoms with Gasteiger partial charge in [-0.2, -0.15) is 0 Å². The first kappa shape index (κ1) is 18.8. The Kier molecular flexibility index (Phi) is 7.77. The number of benzene rings is 2. The van der Waals surface area contributed by atoms with Crippen LogP contribution in [0.1, 0.15) is 29.5 Å². The van der Waals surface area contributed by atoms with Crippen LogP contribution in [0.5, 0.6) is 0 Å². The summed E-state index contributed by atoms with van der Waals surface area (Å²) in [7, 11) is 1.42. The number of carbonyl (C=O) groups excluding carboxylic acids is 1. The van der Waals surface area contributed by atoms with Crippen LogP contribution >= 0.6 is 0 Å². The highest BCUT2D eigenvalue weighted by molar-refractivity contribution is 5.72. The Bertz CT molecular complexity index is 659. The van der Waals surface area contributed by atoms with E-state index in [-0.39, 0.29) is 5.97 Å². The summed E-state index contributed by atoms with van der Waals surface area (Å²) in [6.45, 7) is 4.50. The van der Waals surface area contributed by atoms with Crippen LogP contribution < -0.4 is 5.32 Å². The third-order valence-corrected chi connectivity index (χ3v) is 4.18. The normalized spacial score (nSPS) is 10.3. The summed E-state index contributed by atoms with van der Waals surface area (Å²) in [5.41, 5.74) is 4.83. The number of methoxy groups -OCH3 is 1. The molecular formula is C22H27NO2. The lowest BCUT2D eigenvalue weighted by Crippen LogP contribution is -2.04. The van der Waals surface area contributed by atoms with Gasteiger partial charge in [0.2, 0.25) is 0 Å². The third kappa shape index (κ3) is 6.84. The Labute approximate surface area is 150 Å². The van der Waals surface area contributed by atoms with E-state index in [1.807, 2.05) is 18.2 Å². The molecule has 132 valence electrons. The number of esters is 1. The average Bonchev–Trinajstić information content (AvgIpc) is 2.65. The molecule has 0 aliphatic rings. The lowest BCUT2D eigenvalue weighted by molar-refractivity contribution is -0.139.